The van der Waals surface area contributed by atoms with Crippen molar-refractivity contribution in [1.29, 1.82) is 0 Å². The zero-order valence-electron chi connectivity index (χ0n) is 14.7. The monoisotopic (exact) mass is 357 g/mol. The van der Waals surface area contributed by atoms with Crippen molar-refractivity contribution < 1.29 is 13.2 Å². The van der Waals surface area contributed by atoms with Crippen molar-refractivity contribution in [3.05, 3.63) is 87.2 Å². The molecule has 3 rings (SSSR count). The number of halogens is 3. The Hall–Kier alpha value is -2.82. The molecule has 0 aliphatic rings. The summed E-state index contributed by atoms with van der Waals surface area (Å²) in [5.41, 5.74) is 0.183. The Bertz CT molecular complexity index is 1070. The summed E-state index contributed by atoms with van der Waals surface area (Å²) in [4.78, 5) is 12.9. The average molecular weight is 357 g/mol. The highest BCUT2D eigenvalue weighted by Crippen LogP contribution is 2.39. The summed E-state index contributed by atoms with van der Waals surface area (Å²) >= 11 is 0. The predicted molar refractivity (Wildman–Crippen MR) is 98.1 cm³/mol. The lowest BCUT2D eigenvalue weighted by atomic mass is 9.91. The van der Waals surface area contributed by atoms with Crippen LogP contribution in [-0.2, 0) is 13.2 Å². The molecule has 0 radical (unpaired) electrons. The van der Waals surface area contributed by atoms with Crippen LogP contribution in [0.1, 0.15) is 29.2 Å². The number of aromatic nitrogens is 1. The van der Waals surface area contributed by atoms with Crippen molar-refractivity contribution >= 4 is 16.5 Å². The number of pyridine rings is 1. The first-order chi connectivity index (χ1) is 12.3. The van der Waals surface area contributed by atoms with E-state index in [1.165, 1.54) is 23.7 Å². The van der Waals surface area contributed by atoms with Crippen LogP contribution < -0.4 is 5.56 Å². The molecule has 0 saturated heterocycles. The Morgan fingerprint density at radius 2 is 1.77 bits per heavy atom. The van der Waals surface area contributed by atoms with Gasteiger partial charge in [-0.3, -0.25) is 4.79 Å². The molecular formula is C21H18F3NO. The summed E-state index contributed by atoms with van der Waals surface area (Å²) < 4.78 is 43.3. The number of benzene rings is 2. The lowest BCUT2D eigenvalue weighted by molar-refractivity contribution is -0.136. The number of rotatable bonds is 2. The number of alkyl halides is 3. The molecule has 2 nitrogen and oxygen atoms in total. The SMILES string of the molecule is C/C=C(/c1cccc(C)c1)c1c(C(F)(F)F)c2ccccc2n(C)c1=O. The van der Waals surface area contributed by atoms with Crippen LogP contribution >= 0.6 is 0 Å². The molecule has 0 amide bonds. The summed E-state index contributed by atoms with van der Waals surface area (Å²) in [5, 5.41) is 0.0177. The first-order valence-corrected chi connectivity index (χ1v) is 8.18. The third-order valence-electron chi connectivity index (χ3n) is 4.47. The Labute approximate surface area is 149 Å². The van der Waals surface area contributed by atoms with Gasteiger partial charge in [0.15, 0.2) is 0 Å². The van der Waals surface area contributed by atoms with Gasteiger partial charge in [-0.2, -0.15) is 13.2 Å². The number of fused-ring (bicyclic) bond motifs is 1. The number of nitrogens with zero attached hydrogens (tertiary/aromatic N) is 1. The summed E-state index contributed by atoms with van der Waals surface area (Å²) in [5.74, 6) is 0. The van der Waals surface area contributed by atoms with Crippen LogP contribution in [0.5, 0.6) is 0 Å². The van der Waals surface area contributed by atoms with Crippen molar-refractivity contribution in [2.24, 2.45) is 7.05 Å². The molecule has 0 atom stereocenters. The Morgan fingerprint density at radius 1 is 1.08 bits per heavy atom. The van der Waals surface area contributed by atoms with E-state index in [1.54, 1.807) is 43.3 Å². The molecule has 0 fully saturated rings. The van der Waals surface area contributed by atoms with Gasteiger partial charge < -0.3 is 4.57 Å². The van der Waals surface area contributed by atoms with E-state index in [0.717, 1.165) is 5.56 Å². The maximum atomic E-state index is 14.0. The largest absolute Gasteiger partial charge is 0.417 e. The van der Waals surface area contributed by atoms with E-state index in [-0.39, 0.29) is 22.0 Å². The maximum absolute atomic E-state index is 14.0. The molecule has 1 heterocycles. The van der Waals surface area contributed by atoms with E-state index in [2.05, 4.69) is 0 Å². The van der Waals surface area contributed by atoms with Gasteiger partial charge >= 0.3 is 6.18 Å². The molecule has 0 spiro atoms. The third kappa shape index (κ3) is 2.94. The van der Waals surface area contributed by atoms with Gasteiger partial charge in [-0.05, 0) is 31.1 Å². The zero-order chi connectivity index (χ0) is 19.1. The second-order valence-electron chi connectivity index (χ2n) is 6.20. The zero-order valence-corrected chi connectivity index (χ0v) is 14.7. The first kappa shape index (κ1) is 18.0. The predicted octanol–water partition coefficient (Wildman–Crippen LogP) is 5.32. The van der Waals surface area contributed by atoms with Crippen LogP contribution in [0, 0.1) is 6.92 Å². The molecule has 3 aromatic rings. The highest BCUT2D eigenvalue weighted by atomic mass is 19.4. The maximum Gasteiger partial charge on any atom is 0.417 e. The number of aryl methyl sites for hydroxylation is 2. The first-order valence-electron chi connectivity index (χ1n) is 8.18. The molecule has 5 heteroatoms. The minimum absolute atomic E-state index is 0.0177. The minimum Gasteiger partial charge on any atom is -0.311 e. The molecule has 134 valence electrons. The number of allylic oxidation sites excluding steroid dienone is 1. The molecule has 2 aromatic carbocycles. The molecule has 0 unspecified atom stereocenters. The van der Waals surface area contributed by atoms with E-state index in [9.17, 15) is 18.0 Å². The number of para-hydroxylation sites is 1. The standard InChI is InChI=1S/C21H18F3NO/c1-4-15(14-9-7-8-13(2)12-14)18-19(21(22,23)24)16-10-5-6-11-17(16)25(3)20(18)26/h4-12H,1-3H3/b15-4-. The van der Waals surface area contributed by atoms with Gasteiger partial charge in [0.1, 0.15) is 0 Å². The molecule has 0 aliphatic heterocycles. The van der Waals surface area contributed by atoms with E-state index < -0.39 is 17.3 Å². The van der Waals surface area contributed by atoms with E-state index in [0.29, 0.717) is 5.56 Å². The lowest BCUT2D eigenvalue weighted by Gasteiger charge is -2.20. The topological polar surface area (TPSA) is 22.0 Å². The Kier molecular flexibility index (Phi) is 4.48. The molecular weight excluding hydrogens is 339 g/mol. The molecule has 0 bridgehead atoms. The van der Waals surface area contributed by atoms with Gasteiger partial charge in [0.05, 0.1) is 16.6 Å². The van der Waals surface area contributed by atoms with E-state index in [4.69, 9.17) is 0 Å². The highest BCUT2D eigenvalue weighted by molar-refractivity contribution is 5.91. The summed E-state index contributed by atoms with van der Waals surface area (Å²) in [6.45, 7) is 3.51. The number of hydrogen-bond acceptors (Lipinski definition) is 1. The van der Waals surface area contributed by atoms with Crippen LogP contribution in [0.2, 0.25) is 0 Å². The lowest BCUT2D eigenvalue weighted by Crippen LogP contribution is -2.27. The van der Waals surface area contributed by atoms with Crippen molar-refractivity contribution in [3.63, 3.8) is 0 Å². The van der Waals surface area contributed by atoms with Crippen LogP contribution in [0.3, 0.4) is 0 Å². The van der Waals surface area contributed by atoms with Gasteiger partial charge in [0.2, 0.25) is 0 Å². The van der Waals surface area contributed by atoms with Gasteiger partial charge in [0.25, 0.3) is 5.56 Å². The normalized spacial score (nSPS) is 12.6. The van der Waals surface area contributed by atoms with Crippen molar-refractivity contribution in [2.45, 2.75) is 20.0 Å². The fraction of sp³-hybridized carbons (Fsp3) is 0.190. The smallest absolute Gasteiger partial charge is 0.311 e. The molecule has 1 aromatic heterocycles. The summed E-state index contributed by atoms with van der Waals surface area (Å²) in [7, 11) is 1.50. The highest BCUT2D eigenvalue weighted by Gasteiger charge is 2.38. The number of hydrogen-bond donors (Lipinski definition) is 0. The van der Waals surface area contributed by atoms with Crippen molar-refractivity contribution in [2.75, 3.05) is 0 Å². The van der Waals surface area contributed by atoms with Gasteiger partial charge in [-0.1, -0.05) is 54.1 Å². The molecule has 0 saturated carbocycles. The van der Waals surface area contributed by atoms with Crippen LogP contribution in [0.25, 0.3) is 16.5 Å². The minimum atomic E-state index is -4.65. The third-order valence-corrected chi connectivity index (χ3v) is 4.47. The quantitative estimate of drug-likeness (QED) is 0.609. The second-order valence-corrected chi connectivity index (χ2v) is 6.20. The van der Waals surface area contributed by atoms with Crippen molar-refractivity contribution in [1.82, 2.24) is 4.57 Å². The Balaban J connectivity index is 2.49. The van der Waals surface area contributed by atoms with Gasteiger partial charge in [0, 0.05) is 12.4 Å². The molecule has 0 N–H and O–H groups in total. The Morgan fingerprint density at radius 3 is 2.38 bits per heavy atom. The second kappa shape index (κ2) is 6.48. The summed E-state index contributed by atoms with van der Waals surface area (Å²) in [6.07, 6.45) is -3.09. The average Bonchev–Trinajstić information content (AvgIpc) is 2.59. The van der Waals surface area contributed by atoms with Crippen LogP contribution in [0.4, 0.5) is 13.2 Å². The van der Waals surface area contributed by atoms with Crippen LogP contribution in [-0.4, -0.2) is 4.57 Å². The fourth-order valence-corrected chi connectivity index (χ4v) is 3.31. The molecule has 26 heavy (non-hydrogen) atoms. The van der Waals surface area contributed by atoms with Gasteiger partial charge in [-0.25, -0.2) is 0 Å². The van der Waals surface area contributed by atoms with Crippen molar-refractivity contribution in [3.8, 4) is 0 Å². The summed E-state index contributed by atoms with van der Waals surface area (Å²) in [6, 6.07) is 13.2. The van der Waals surface area contributed by atoms with E-state index >= 15 is 0 Å². The van der Waals surface area contributed by atoms with Crippen LogP contribution in [0.15, 0.2) is 59.4 Å². The fourth-order valence-electron chi connectivity index (χ4n) is 3.31. The van der Waals surface area contributed by atoms with Gasteiger partial charge in [-0.15, -0.1) is 0 Å². The molecule has 0 aliphatic carbocycles. The van der Waals surface area contributed by atoms with E-state index in [1.807, 2.05) is 13.0 Å².